The van der Waals surface area contributed by atoms with Crippen LogP contribution in [-0.2, 0) is 0 Å². The molecule has 3 atom stereocenters. The van der Waals surface area contributed by atoms with E-state index in [-0.39, 0.29) is 58.1 Å². The number of anilines is 1. The molecule has 4 aliphatic heterocycles. The minimum atomic E-state index is -0.923. The standard InChI is InChI=1S/C27H27ClF3N5O3/c28-21-19(18-16(30)3-1-4-17(18)37)22(31)23-20-24(21)38-12-15-10-32-6-8-36(15)25(20)34-26(33-23)39-13-27-5-2-7-35(27)11-14(29)9-27/h1,3-4,14-15,32,37H,2,5-13H2. The third-order valence-corrected chi connectivity index (χ3v) is 8.82. The van der Waals surface area contributed by atoms with E-state index in [1.54, 1.807) is 0 Å². The number of halogens is 4. The van der Waals surface area contributed by atoms with Gasteiger partial charge in [-0.15, -0.1) is 0 Å². The second-order valence-corrected chi connectivity index (χ2v) is 11.1. The zero-order chi connectivity index (χ0) is 26.9. The van der Waals surface area contributed by atoms with Gasteiger partial charge in [0.15, 0.2) is 11.6 Å². The summed E-state index contributed by atoms with van der Waals surface area (Å²) in [6.07, 6.45) is 1.19. The number of ether oxygens (including phenoxy) is 2. The van der Waals surface area contributed by atoms with E-state index in [4.69, 9.17) is 26.1 Å². The van der Waals surface area contributed by atoms with Crippen LogP contribution in [0.15, 0.2) is 18.2 Å². The maximum absolute atomic E-state index is 16.4. The van der Waals surface area contributed by atoms with Crippen molar-refractivity contribution < 1.29 is 27.8 Å². The molecule has 8 nitrogen and oxygen atoms in total. The Labute approximate surface area is 227 Å². The molecule has 0 bridgehead atoms. The maximum Gasteiger partial charge on any atom is 0.319 e. The molecule has 206 valence electrons. The monoisotopic (exact) mass is 561 g/mol. The maximum atomic E-state index is 16.4. The van der Waals surface area contributed by atoms with Crippen LogP contribution in [0.25, 0.3) is 22.0 Å². The summed E-state index contributed by atoms with van der Waals surface area (Å²) in [5, 5.41) is 13.9. The lowest BCUT2D eigenvalue weighted by Gasteiger charge is -2.35. The summed E-state index contributed by atoms with van der Waals surface area (Å²) in [4.78, 5) is 13.3. The number of fused-ring (bicyclic) bond motifs is 3. The second-order valence-electron chi connectivity index (χ2n) is 10.7. The number of phenols is 1. The van der Waals surface area contributed by atoms with E-state index in [9.17, 15) is 13.9 Å². The Kier molecular flexibility index (Phi) is 5.94. The predicted octanol–water partition coefficient (Wildman–Crippen LogP) is 4.06. The molecule has 0 spiro atoms. The van der Waals surface area contributed by atoms with Crippen molar-refractivity contribution in [2.75, 3.05) is 50.8 Å². The van der Waals surface area contributed by atoms with Crippen LogP contribution in [0.3, 0.4) is 0 Å². The molecule has 1 aromatic heterocycles. The minimum absolute atomic E-state index is 0.0592. The molecular weight excluding hydrogens is 535 g/mol. The van der Waals surface area contributed by atoms with Crippen LogP contribution in [0, 0.1) is 11.6 Å². The fourth-order valence-corrected chi connectivity index (χ4v) is 6.96. The topological polar surface area (TPSA) is 83.0 Å². The Morgan fingerprint density at radius 1 is 1.23 bits per heavy atom. The Hall–Kier alpha value is -3.02. The highest BCUT2D eigenvalue weighted by molar-refractivity contribution is 6.36. The molecule has 7 rings (SSSR count). The lowest BCUT2D eigenvalue weighted by atomic mass is 9.95. The van der Waals surface area contributed by atoms with Gasteiger partial charge in [0.05, 0.1) is 27.6 Å². The summed E-state index contributed by atoms with van der Waals surface area (Å²) >= 11 is 6.70. The largest absolute Gasteiger partial charge is 0.507 e. The first kappa shape index (κ1) is 25.0. The van der Waals surface area contributed by atoms with E-state index in [1.165, 1.54) is 12.1 Å². The molecule has 2 N–H and O–H groups in total. The van der Waals surface area contributed by atoms with Gasteiger partial charge in [-0.3, -0.25) is 4.90 Å². The summed E-state index contributed by atoms with van der Waals surface area (Å²) in [6, 6.07) is 3.51. The molecule has 12 heteroatoms. The Balaban J connectivity index is 1.41. The number of aromatic nitrogens is 2. The number of phenolic OH excluding ortho intramolecular Hbond substituents is 1. The van der Waals surface area contributed by atoms with E-state index < -0.39 is 29.1 Å². The first-order chi connectivity index (χ1) is 18.9. The van der Waals surface area contributed by atoms with Gasteiger partial charge < -0.3 is 24.8 Å². The molecule has 0 saturated carbocycles. The molecule has 0 amide bonds. The summed E-state index contributed by atoms with van der Waals surface area (Å²) in [7, 11) is 0. The van der Waals surface area contributed by atoms with Crippen molar-refractivity contribution in [3.05, 3.63) is 34.9 Å². The summed E-state index contributed by atoms with van der Waals surface area (Å²) in [6.45, 7) is 3.43. The van der Waals surface area contributed by atoms with E-state index in [0.717, 1.165) is 25.5 Å². The number of hydrogen-bond acceptors (Lipinski definition) is 8. The molecule has 0 radical (unpaired) electrons. The lowest BCUT2D eigenvalue weighted by molar-refractivity contribution is 0.107. The Bertz CT molecular complexity index is 1460. The average molecular weight is 562 g/mol. The number of nitrogens with zero attached hydrogens (tertiary/aromatic N) is 4. The van der Waals surface area contributed by atoms with Gasteiger partial charge in [0.25, 0.3) is 0 Å². The van der Waals surface area contributed by atoms with Gasteiger partial charge >= 0.3 is 6.01 Å². The molecule has 4 aliphatic rings. The number of piperazine rings is 1. The van der Waals surface area contributed by atoms with Crippen molar-refractivity contribution in [1.29, 1.82) is 0 Å². The van der Waals surface area contributed by atoms with Gasteiger partial charge in [-0.25, -0.2) is 13.2 Å². The molecule has 3 saturated heterocycles. The molecule has 3 aromatic rings. The molecule has 0 aliphatic carbocycles. The number of hydrogen-bond donors (Lipinski definition) is 2. The van der Waals surface area contributed by atoms with Crippen molar-refractivity contribution in [3.63, 3.8) is 0 Å². The van der Waals surface area contributed by atoms with Crippen LogP contribution >= 0.6 is 11.6 Å². The number of aromatic hydroxyl groups is 1. The molecular formula is C27H27ClF3N5O3. The first-order valence-corrected chi connectivity index (χ1v) is 13.6. The number of alkyl halides is 1. The Morgan fingerprint density at radius 2 is 2.10 bits per heavy atom. The average Bonchev–Trinajstić information content (AvgIpc) is 3.38. The Morgan fingerprint density at radius 3 is 2.95 bits per heavy atom. The highest BCUT2D eigenvalue weighted by Gasteiger charge is 2.49. The van der Waals surface area contributed by atoms with E-state index >= 15 is 4.39 Å². The fourth-order valence-electron chi connectivity index (χ4n) is 6.64. The zero-order valence-electron chi connectivity index (χ0n) is 21.0. The van der Waals surface area contributed by atoms with Crippen LogP contribution in [0.5, 0.6) is 17.5 Å². The van der Waals surface area contributed by atoms with Gasteiger partial charge in [0, 0.05) is 38.2 Å². The number of rotatable bonds is 4. The highest BCUT2D eigenvalue weighted by atomic mass is 35.5. The second kappa shape index (κ2) is 9.28. The third-order valence-electron chi connectivity index (χ3n) is 8.46. The van der Waals surface area contributed by atoms with Gasteiger partial charge in [-0.1, -0.05) is 17.7 Å². The molecule has 3 fully saturated rings. The predicted molar refractivity (Wildman–Crippen MR) is 140 cm³/mol. The third kappa shape index (κ3) is 3.88. The molecule has 3 unspecified atom stereocenters. The van der Waals surface area contributed by atoms with Gasteiger partial charge in [0.1, 0.15) is 42.3 Å². The molecule has 39 heavy (non-hydrogen) atoms. The van der Waals surface area contributed by atoms with Crippen LogP contribution < -0.4 is 19.7 Å². The van der Waals surface area contributed by atoms with E-state index in [2.05, 4.69) is 15.2 Å². The summed E-state index contributed by atoms with van der Waals surface area (Å²) < 4.78 is 57.9. The molecule has 2 aromatic carbocycles. The normalized spacial score (nSPS) is 26.3. The van der Waals surface area contributed by atoms with Gasteiger partial charge in [0.2, 0.25) is 0 Å². The lowest BCUT2D eigenvalue weighted by Crippen LogP contribution is -2.53. The fraction of sp³-hybridized carbons (Fsp3) is 0.481. The van der Waals surface area contributed by atoms with Crippen LogP contribution in [-0.4, -0.2) is 83.7 Å². The molecule has 5 heterocycles. The van der Waals surface area contributed by atoms with Crippen molar-refractivity contribution in [2.24, 2.45) is 0 Å². The van der Waals surface area contributed by atoms with Crippen LogP contribution in [0.4, 0.5) is 19.0 Å². The zero-order valence-corrected chi connectivity index (χ0v) is 21.8. The van der Waals surface area contributed by atoms with Crippen LogP contribution in [0.2, 0.25) is 5.02 Å². The summed E-state index contributed by atoms with van der Waals surface area (Å²) in [5.74, 6) is -1.69. The summed E-state index contributed by atoms with van der Waals surface area (Å²) in [5.41, 5.74) is -1.32. The highest BCUT2D eigenvalue weighted by Crippen LogP contribution is 2.50. The van der Waals surface area contributed by atoms with Crippen molar-refractivity contribution >= 4 is 28.3 Å². The smallest absolute Gasteiger partial charge is 0.319 e. The van der Waals surface area contributed by atoms with E-state index in [1.807, 2.05) is 4.90 Å². The van der Waals surface area contributed by atoms with E-state index in [0.29, 0.717) is 38.4 Å². The van der Waals surface area contributed by atoms with Gasteiger partial charge in [-0.2, -0.15) is 9.97 Å². The van der Waals surface area contributed by atoms with Crippen LogP contribution in [0.1, 0.15) is 19.3 Å². The number of benzene rings is 2. The van der Waals surface area contributed by atoms with Crippen molar-refractivity contribution in [3.8, 4) is 28.6 Å². The quantitative estimate of drug-likeness (QED) is 0.494. The SMILES string of the molecule is Oc1cccc(F)c1-c1c(Cl)c2c3c(nc(OCC45CCCN4CC(F)C5)nc3c1F)N1CCNCC1CO2. The van der Waals surface area contributed by atoms with Crippen molar-refractivity contribution in [2.45, 2.75) is 37.0 Å². The number of nitrogens with one attached hydrogen (secondary N) is 1. The van der Waals surface area contributed by atoms with Crippen molar-refractivity contribution in [1.82, 2.24) is 20.2 Å². The van der Waals surface area contributed by atoms with Gasteiger partial charge in [-0.05, 0) is 31.5 Å². The first-order valence-electron chi connectivity index (χ1n) is 13.2. The minimum Gasteiger partial charge on any atom is -0.507 e.